The molecular formula is C12H12FN3O3S. The number of amides is 1. The van der Waals surface area contributed by atoms with Crippen LogP contribution in [0, 0.1) is 5.82 Å². The van der Waals surface area contributed by atoms with Gasteiger partial charge in [-0.05, 0) is 24.3 Å². The number of nitrogens with zero attached hydrogens (tertiary/aromatic N) is 1. The van der Waals surface area contributed by atoms with Crippen molar-refractivity contribution in [1.82, 2.24) is 10.2 Å². The maximum atomic E-state index is 12.8. The molecule has 2 aromatic rings. The Kier molecular flexibility index (Phi) is 3.84. The van der Waals surface area contributed by atoms with E-state index in [1.807, 2.05) is 0 Å². The SMILES string of the molecule is CS(=O)(=O)Cc1cn[nH]c1C(=O)Nc1ccc(F)cc1. The Balaban J connectivity index is 2.18. The number of halogens is 1. The third kappa shape index (κ3) is 3.64. The van der Waals surface area contributed by atoms with E-state index in [9.17, 15) is 17.6 Å². The molecule has 1 aromatic heterocycles. The number of benzene rings is 1. The molecule has 106 valence electrons. The van der Waals surface area contributed by atoms with Gasteiger partial charge in [-0.15, -0.1) is 0 Å². The number of anilines is 1. The Morgan fingerprint density at radius 2 is 2.00 bits per heavy atom. The number of hydrogen-bond donors (Lipinski definition) is 2. The first-order valence-electron chi connectivity index (χ1n) is 5.62. The largest absolute Gasteiger partial charge is 0.321 e. The molecule has 0 bridgehead atoms. The number of nitrogens with one attached hydrogen (secondary N) is 2. The summed E-state index contributed by atoms with van der Waals surface area (Å²) < 4.78 is 35.3. The molecule has 0 aliphatic heterocycles. The van der Waals surface area contributed by atoms with Crippen molar-refractivity contribution < 1.29 is 17.6 Å². The molecule has 1 heterocycles. The quantitative estimate of drug-likeness (QED) is 0.891. The predicted molar refractivity (Wildman–Crippen MR) is 71.5 cm³/mol. The van der Waals surface area contributed by atoms with Gasteiger partial charge in [0.05, 0.1) is 11.9 Å². The molecule has 20 heavy (non-hydrogen) atoms. The van der Waals surface area contributed by atoms with Crippen LogP contribution in [0.5, 0.6) is 0 Å². The van der Waals surface area contributed by atoms with E-state index in [1.165, 1.54) is 30.5 Å². The molecule has 0 aliphatic carbocycles. The highest BCUT2D eigenvalue weighted by atomic mass is 32.2. The Labute approximate surface area is 114 Å². The average Bonchev–Trinajstić information content (AvgIpc) is 2.78. The predicted octanol–water partition coefficient (Wildman–Crippen LogP) is 1.35. The van der Waals surface area contributed by atoms with Gasteiger partial charge in [0.2, 0.25) is 0 Å². The van der Waals surface area contributed by atoms with Crippen molar-refractivity contribution in [3.05, 3.63) is 47.5 Å². The van der Waals surface area contributed by atoms with Crippen LogP contribution in [0.4, 0.5) is 10.1 Å². The average molecular weight is 297 g/mol. The second-order valence-electron chi connectivity index (χ2n) is 4.30. The first-order chi connectivity index (χ1) is 9.35. The van der Waals surface area contributed by atoms with Gasteiger partial charge in [0.25, 0.3) is 5.91 Å². The van der Waals surface area contributed by atoms with E-state index < -0.39 is 21.6 Å². The van der Waals surface area contributed by atoms with Gasteiger partial charge in [-0.1, -0.05) is 0 Å². The fraction of sp³-hybridized carbons (Fsp3) is 0.167. The first-order valence-corrected chi connectivity index (χ1v) is 7.68. The number of carbonyl (C=O) groups excluding carboxylic acids is 1. The molecule has 0 aliphatic rings. The number of carbonyl (C=O) groups is 1. The van der Waals surface area contributed by atoms with Crippen LogP contribution in [-0.2, 0) is 15.6 Å². The van der Waals surface area contributed by atoms with Crippen molar-refractivity contribution in [2.75, 3.05) is 11.6 Å². The lowest BCUT2D eigenvalue weighted by Gasteiger charge is -2.05. The topological polar surface area (TPSA) is 91.9 Å². The minimum absolute atomic E-state index is 0.0692. The zero-order valence-corrected chi connectivity index (χ0v) is 11.4. The summed E-state index contributed by atoms with van der Waals surface area (Å²) in [6.07, 6.45) is 2.36. The second kappa shape index (κ2) is 5.41. The molecule has 0 atom stereocenters. The van der Waals surface area contributed by atoms with Crippen LogP contribution in [0.3, 0.4) is 0 Å². The normalized spacial score (nSPS) is 11.3. The summed E-state index contributed by atoms with van der Waals surface area (Å²) in [6, 6.07) is 5.22. The molecule has 1 amide bonds. The van der Waals surface area contributed by atoms with E-state index in [1.54, 1.807) is 0 Å². The van der Waals surface area contributed by atoms with Gasteiger partial charge in [-0.3, -0.25) is 9.89 Å². The Bertz CT molecular complexity index is 723. The van der Waals surface area contributed by atoms with Crippen molar-refractivity contribution in [1.29, 1.82) is 0 Å². The summed E-state index contributed by atoms with van der Waals surface area (Å²) >= 11 is 0. The van der Waals surface area contributed by atoms with Crippen molar-refractivity contribution in [3.63, 3.8) is 0 Å². The van der Waals surface area contributed by atoms with Crippen molar-refractivity contribution in [2.45, 2.75) is 5.75 Å². The summed E-state index contributed by atoms with van der Waals surface area (Å²) in [5.74, 6) is -1.23. The first kappa shape index (κ1) is 14.2. The highest BCUT2D eigenvalue weighted by molar-refractivity contribution is 7.89. The number of sulfone groups is 1. The number of aromatic nitrogens is 2. The summed E-state index contributed by atoms with van der Waals surface area (Å²) in [4.78, 5) is 12.0. The minimum Gasteiger partial charge on any atom is -0.321 e. The van der Waals surface area contributed by atoms with E-state index in [0.717, 1.165) is 6.26 Å². The van der Waals surface area contributed by atoms with E-state index in [0.29, 0.717) is 5.69 Å². The molecule has 0 fully saturated rings. The molecule has 0 unspecified atom stereocenters. The van der Waals surface area contributed by atoms with E-state index in [-0.39, 0.29) is 17.0 Å². The summed E-state index contributed by atoms with van der Waals surface area (Å²) in [6.45, 7) is 0. The van der Waals surface area contributed by atoms with Gasteiger partial charge in [-0.25, -0.2) is 12.8 Å². The molecule has 2 N–H and O–H groups in total. The smallest absolute Gasteiger partial charge is 0.273 e. The number of rotatable bonds is 4. The van der Waals surface area contributed by atoms with Crippen LogP contribution in [0.1, 0.15) is 16.1 Å². The maximum absolute atomic E-state index is 12.8. The summed E-state index contributed by atoms with van der Waals surface area (Å²) in [5.41, 5.74) is 0.753. The van der Waals surface area contributed by atoms with Crippen LogP contribution in [0.15, 0.2) is 30.5 Å². The standard InChI is InChI=1S/C12H12FN3O3S/c1-20(18,19)7-8-6-14-16-11(8)12(17)15-10-4-2-9(13)3-5-10/h2-6H,7H2,1H3,(H,14,16)(H,15,17). The molecule has 0 spiro atoms. The molecule has 0 saturated carbocycles. The molecule has 1 aromatic carbocycles. The highest BCUT2D eigenvalue weighted by Gasteiger charge is 2.17. The lowest BCUT2D eigenvalue weighted by molar-refractivity contribution is 0.102. The molecule has 8 heteroatoms. The second-order valence-corrected chi connectivity index (χ2v) is 6.44. The molecule has 6 nitrogen and oxygen atoms in total. The minimum atomic E-state index is -3.27. The fourth-order valence-corrected chi connectivity index (χ4v) is 2.41. The van der Waals surface area contributed by atoms with Crippen LogP contribution in [0.2, 0.25) is 0 Å². The van der Waals surface area contributed by atoms with Crippen LogP contribution < -0.4 is 5.32 Å². The molecule has 0 radical (unpaired) electrons. The van der Waals surface area contributed by atoms with Gasteiger partial charge in [-0.2, -0.15) is 5.10 Å². The van der Waals surface area contributed by atoms with E-state index in [2.05, 4.69) is 15.5 Å². The number of aromatic amines is 1. The monoisotopic (exact) mass is 297 g/mol. The van der Waals surface area contributed by atoms with Gasteiger partial charge < -0.3 is 5.32 Å². The van der Waals surface area contributed by atoms with E-state index >= 15 is 0 Å². The summed E-state index contributed by atoms with van der Waals surface area (Å²) in [7, 11) is -3.27. The third-order valence-electron chi connectivity index (χ3n) is 2.46. The van der Waals surface area contributed by atoms with Gasteiger partial charge >= 0.3 is 0 Å². The van der Waals surface area contributed by atoms with Gasteiger partial charge in [0, 0.05) is 17.5 Å². The lowest BCUT2D eigenvalue weighted by Crippen LogP contribution is -2.15. The maximum Gasteiger partial charge on any atom is 0.273 e. The van der Waals surface area contributed by atoms with Gasteiger partial charge in [0.15, 0.2) is 9.84 Å². The van der Waals surface area contributed by atoms with E-state index in [4.69, 9.17) is 0 Å². The lowest BCUT2D eigenvalue weighted by atomic mass is 10.2. The fourth-order valence-electron chi connectivity index (χ4n) is 1.63. The Morgan fingerprint density at radius 3 is 2.60 bits per heavy atom. The van der Waals surface area contributed by atoms with Gasteiger partial charge in [0.1, 0.15) is 11.5 Å². The molecule has 2 rings (SSSR count). The molecule has 0 saturated heterocycles. The Hall–Kier alpha value is -2.22. The number of H-pyrrole nitrogens is 1. The van der Waals surface area contributed by atoms with Crippen LogP contribution >= 0.6 is 0 Å². The Morgan fingerprint density at radius 1 is 1.35 bits per heavy atom. The molecular weight excluding hydrogens is 285 g/mol. The zero-order chi connectivity index (χ0) is 14.8. The third-order valence-corrected chi connectivity index (χ3v) is 3.30. The zero-order valence-electron chi connectivity index (χ0n) is 10.6. The summed E-state index contributed by atoms with van der Waals surface area (Å²) in [5, 5.41) is 8.66. The van der Waals surface area contributed by atoms with Crippen LogP contribution in [0.25, 0.3) is 0 Å². The van der Waals surface area contributed by atoms with Crippen LogP contribution in [-0.4, -0.2) is 30.8 Å². The van der Waals surface area contributed by atoms with Crippen molar-refractivity contribution in [3.8, 4) is 0 Å². The highest BCUT2D eigenvalue weighted by Crippen LogP contribution is 2.13. The number of hydrogen-bond acceptors (Lipinski definition) is 4. The van der Waals surface area contributed by atoms with Crippen molar-refractivity contribution >= 4 is 21.4 Å². The van der Waals surface area contributed by atoms with Crippen molar-refractivity contribution in [2.24, 2.45) is 0 Å².